The number of hydrogen-bond acceptors (Lipinski definition) is 5. The largest absolute Gasteiger partial charge is 0.508 e. The highest BCUT2D eigenvalue weighted by atomic mass is 19.4. The van der Waals surface area contributed by atoms with Gasteiger partial charge in [-0.3, -0.25) is 15.3 Å². The highest BCUT2D eigenvalue weighted by molar-refractivity contribution is 5.55. The van der Waals surface area contributed by atoms with Crippen molar-refractivity contribution in [2.45, 2.75) is 17.9 Å². The molecule has 0 bridgehead atoms. The molecule has 1 aromatic carbocycles. The number of aromatic nitrogens is 2. The van der Waals surface area contributed by atoms with Crippen LogP contribution in [0.3, 0.4) is 0 Å². The minimum atomic E-state index is -4.59. The summed E-state index contributed by atoms with van der Waals surface area (Å²) in [7, 11) is 0. The molecule has 3 heterocycles. The van der Waals surface area contributed by atoms with E-state index in [2.05, 4.69) is 15.3 Å². The van der Waals surface area contributed by atoms with Crippen molar-refractivity contribution in [1.82, 2.24) is 15.3 Å². The molecule has 5 nitrogen and oxygen atoms in total. The molecule has 4 N–H and O–H groups in total. The van der Waals surface area contributed by atoms with Gasteiger partial charge in [0.25, 0.3) is 0 Å². The molecule has 0 fully saturated rings. The molecular weight excluding hydrogens is 357 g/mol. The number of alkyl halides is 3. The van der Waals surface area contributed by atoms with Crippen LogP contribution in [-0.4, -0.2) is 15.1 Å². The fourth-order valence-electron chi connectivity index (χ4n) is 3.56. The predicted octanol–water partition coefficient (Wildman–Crippen LogP) is 3.05. The first-order valence-electron chi connectivity index (χ1n) is 8.14. The Morgan fingerprint density at radius 3 is 2.52 bits per heavy atom. The molecule has 1 aliphatic rings. The quantitative estimate of drug-likeness (QED) is 0.644. The maximum atomic E-state index is 13.3. The number of benzene rings is 1. The highest BCUT2D eigenvalue weighted by Gasteiger charge is 2.47. The van der Waals surface area contributed by atoms with Crippen LogP contribution in [-0.2, 0) is 11.7 Å². The van der Waals surface area contributed by atoms with Crippen molar-refractivity contribution in [2.24, 2.45) is 5.73 Å². The van der Waals surface area contributed by atoms with E-state index < -0.39 is 23.6 Å². The van der Waals surface area contributed by atoms with Gasteiger partial charge in [-0.15, -0.1) is 0 Å². The molecular formula is C19H15F3N4O. The summed E-state index contributed by atoms with van der Waals surface area (Å²) in [5, 5.41) is 13.1. The average molecular weight is 372 g/mol. The summed E-state index contributed by atoms with van der Waals surface area (Å²) < 4.78 is 39.8. The van der Waals surface area contributed by atoms with E-state index in [1.807, 2.05) is 0 Å². The molecule has 2 atom stereocenters. The SMILES string of the molecule is NC1NC(c2cccc(O)c2)(c2ccnc(C(F)(F)F)c2)c2cccnc21. The molecule has 3 aromatic rings. The van der Waals surface area contributed by atoms with Crippen LogP contribution in [0, 0.1) is 0 Å². The van der Waals surface area contributed by atoms with E-state index in [9.17, 15) is 18.3 Å². The smallest absolute Gasteiger partial charge is 0.433 e. The van der Waals surface area contributed by atoms with Gasteiger partial charge >= 0.3 is 6.18 Å². The van der Waals surface area contributed by atoms with Crippen LogP contribution in [0.15, 0.2) is 60.9 Å². The Balaban J connectivity index is 2.03. The molecule has 0 aliphatic carbocycles. The minimum absolute atomic E-state index is 0.00955. The van der Waals surface area contributed by atoms with Crippen molar-refractivity contribution < 1.29 is 18.3 Å². The van der Waals surface area contributed by atoms with Crippen molar-refractivity contribution in [1.29, 1.82) is 0 Å². The second kappa shape index (κ2) is 6.04. The zero-order valence-corrected chi connectivity index (χ0v) is 13.9. The lowest BCUT2D eigenvalue weighted by Gasteiger charge is -2.33. The van der Waals surface area contributed by atoms with Gasteiger partial charge < -0.3 is 10.8 Å². The number of aromatic hydroxyl groups is 1. The number of fused-ring (bicyclic) bond motifs is 1. The van der Waals surface area contributed by atoms with Gasteiger partial charge in [0.15, 0.2) is 0 Å². The van der Waals surface area contributed by atoms with Crippen molar-refractivity contribution in [3.05, 3.63) is 89.0 Å². The van der Waals surface area contributed by atoms with Crippen molar-refractivity contribution >= 4 is 0 Å². The third-order valence-corrected chi connectivity index (χ3v) is 4.67. The molecule has 2 unspecified atom stereocenters. The van der Waals surface area contributed by atoms with Crippen molar-refractivity contribution in [3.8, 4) is 5.75 Å². The Hall–Kier alpha value is -2.97. The number of pyridine rings is 2. The molecule has 0 amide bonds. The van der Waals surface area contributed by atoms with Crippen molar-refractivity contribution in [3.63, 3.8) is 0 Å². The number of nitrogens with zero attached hydrogens (tertiary/aromatic N) is 2. The van der Waals surface area contributed by atoms with Gasteiger partial charge in [-0.05, 0) is 41.5 Å². The number of halogens is 3. The number of nitrogens with one attached hydrogen (secondary N) is 1. The van der Waals surface area contributed by atoms with Gasteiger partial charge in [-0.1, -0.05) is 18.2 Å². The van der Waals surface area contributed by atoms with Crippen LogP contribution in [0.2, 0.25) is 0 Å². The van der Waals surface area contributed by atoms with Crippen LogP contribution >= 0.6 is 0 Å². The number of nitrogens with two attached hydrogens (primary N) is 1. The van der Waals surface area contributed by atoms with Crippen molar-refractivity contribution in [2.75, 3.05) is 0 Å². The van der Waals surface area contributed by atoms with Gasteiger partial charge in [0.1, 0.15) is 17.6 Å². The maximum absolute atomic E-state index is 13.3. The molecule has 0 saturated carbocycles. The van der Waals surface area contributed by atoms with Gasteiger partial charge in [-0.2, -0.15) is 13.2 Å². The summed E-state index contributed by atoms with van der Waals surface area (Å²) in [5.41, 5.74) is 5.98. The first-order valence-corrected chi connectivity index (χ1v) is 8.14. The monoisotopic (exact) mass is 372 g/mol. The fourth-order valence-corrected chi connectivity index (χ4v) is 3.56. The summed E-state index contributed by atoms with van der Waals surface area (Å²) in [6.45, 7) is 0. The predicted molar refractivity (Wildman–Crippen MR) is 91.5 cm³/mol. The Morgan fingerprint density at radius 2 is 1.78 bits per heavy atom. The molecule has 1 aliphatic heterocycles. The molecule has 8 heteroatoms. The highest BCUT2D eigenvalue weighted by Crippen LogP contribution is 2.45. The lowest BCUT2D eigenvalue weighted by Crippen LogP contribution is -2.42. The van der Waals surface area contributed by atoms with Gasteiger partial charge in [0.2, 0.25) is 0 Å². The zero-order chi connectivity index (χ0) is 19.2. The average Bonchev–Trinajstić information content (AvgIpc) is 2.95. The summed E-state index contributed by atoms with van der Waals surface area (Å²) >= 11 is 0. The van der Waals surface area contributed by atoms with E-state index in [4.69, 9.17) is 5.73 Å². The Kier molecular flexibility index (Phi) is 3.90. The molecule has 27 heavy (non-hydrogen) atoms. The molecule has 0 saturated heterocycles. The summed E-state index contributed by atoms with van der Waals surface area (Å²) in [5.74, 6) is -0.00955. The normalized spacial score (nSPS) is 21.9. The molecule has 4 rings (SSSR count). The number of hydrogen-bond donors (Lipinski definition) is 3. The zero-order valence-electron chi connectivity index (χ0n) is 13.9. The maximum Gasteiger partial charge on any atom is 0.433 e. The van der Waals surface area contributed by atoms with Gasteiger partial charge in [0.05, 0.1) is 11.2 Å². The van der Waals surface area contributed by atoms with E-state index in [-0.39, 0.29) is 5.75 Å². The Bertz CT molecular complexity index is 1010. The van der Waals surface area contributed by atoms with Crippen LogP contribution in [0.25, 0.3) is 0 Å². The summed E-state index contributed by atoms with van der Waals surface area (Å²) in [6.07, 6.45) is -2.59. The molecule has 0 radical (unpaired) electrons. The number of phenols is 1. The van der Waals surface area contributed by atoms with Gasteiger partial charge in [-0.25, -0.2) is 0 Å². The summed E-state index contributed by atoms with van der Waals surface area (Å²) in [4.78, 5) is 7.74. The van der Waals surface area contributed by atoms with Crippen LogP contribution < -0.4 is 11.1 Å². The van der Waals surface area contributed by atoms with E-state index in [1.54, 1.807) is 30.5 Å². The molecule has 2 aromatic heterocycles. The van der Waals surface area contributed by atoms with E-state index >= 15 is 0 Å². The lowest BCUT2D eigenvalue weighted by atomic mass is 9.78. The molecule has 0 spiro atoms. The standard InChI is InChI=1S/C19H15F3N4O/c20-19(21,22)15-10-12(6-8-24-15)18(11-3-1-4-13(27)9-11)14-5-2-7-25-16(14)17(23)26-18/h1-10,17,26-27H,23H2. The third-order valence-electron chi connectivity index (χ3n) is 4.67. The first-order chi connectivity index (χ1) is 12.8. The first kappa shape index (κ1) is 17.4. The van der Waals surface area contributed by atoms with Crippen LogP contribution in [0.4, 0.5) is 13.2 Å². The Morgan fingerprint density at radius 1 is 1.00 bits per heavy atom. The van der Waals surface area contributed by atoms with Crippen LogP contribution in [0.5, 0.6) is 5.75 Å². The van der Waals surface area contributed by atoms with E-state index in [1.165, 1.54) is 18.2 Å². The minimum Gasteiger partial charge on any atom is -0.508 e. The lowest BCUT2D eigenvalue weighted by molar-refractivity contribution is -0.141. The number of phenolic OH excluding ortho intramolecular Hbond substituents is 1. The topological polar surface area (TPSA) is 84.1 Å². The van der Waals surface area contributed by atoms with E-state index in [0.29, 0.717) is 22.4 Å². The number of rotatable bonds is 2. The third kappa shape index (κ3) is 2.73. The second-order valence-corrected chi connectivity index (χ2v) is 6.29. The molecule has 138 valence electrons. The second-order valence-electron chi connectivity index (χ2n) is 6.29. The van der Waals surface area contributed by atoms with Gasteiger partial charge in [0, 0.05) is 18.0 Å². The van der Waals surface area contributed by atoms with Crippen LogP contribution in [0.1, 0.15) is 34.2 Å². The Labute approximate surface area is 152 Å². The van der Waals surface area contributed by atoms with E-state index in [0.717, 1.165) is 12.3 Å². The summed E-state index contributed by atoms with van der Waals surface area (Å²) in [6, 6.07) is 12.3. The fraction of sp³-hybridized carbons (Fsp3) is 0.158.